The predicted molar refractivity (Wildman–Crippen MR) is 150 cm³/mol. The van der Waals surface area contributed by atoms with Crippen molar-refractivity contribution in [1.29, 1.82) is 0 Å². The molecular weight excluding hydrogens is 434 g/mol. The van der Waals surface area contributed by atoms with Crippen LogP contribution in [0, 0.1) is 0 Å². The van der Waals surface area contributed by atoms with E-state index in [4.69, 9.17) is 0 Å². The van der Waals surface area contributed by atoms with Crippen LogP contribution in [0.25, 0.3) is 33.0 Å². The molecule has 1 heteroatoms. The smallest absolute Gasteiger partial charge is 0.0465 e. The summed E-state index contributed by atoms with van der Waals surface area (Å²) in [5.74, 6) is 0.248. The second kappa shape index (κ2) is 7.44. The summed E-state index contributed by atoms with van der Waals surface area (Å²) in [6, 6.07) is 48.7. The van der Waals surface area contributed by atoms with Crippen LogP contribution in [0.1, 0.15) is 22.6 Å². The topological polar surface area (TPSA) is 3.24 Å². The van der Waals surface area contributed by atoms with Crippen LogP contribution in [0.2, 0.25) is 0 Å². The lowest BCUT2D eigenvalue weighted by molar-refractivity contribution is 1.02. The molecule has 0 aliphatic heterocycles. The molecule has 0 N–H and O–H groups in total. The third-order valence-electron chi connectivity index (χ3n) is 7.86. The van der Waals surface area contributed by atoms with Crippen molar-refractivity contribution >= 4 is 27.8 Å². The van der Waals surface area contributed by atoms with Gasteiger partial charge in [0.1, 0.15) is 0 Å². The summed E-state index contributed by atoms with van der Waals surface area (Å²) in [7, 11) is 0. The van der Waals surface area contributed by atoms with E-state index in [0.717, 1.165) is 11.4 Å². The summed E-state index contributed by atoms with van der Waals surface area (Å²) >= 11 is 0. The van der Waals surface area contributed by atoms with Crippen molar-refractivity contribution in [2.24, 2.45) is 0 Å². The van der Waals surface area contributed by atoms with Crippen LogP contribution in [0.15, 0.2) is 133 Å². The van der Waals surface area contributed by atoms with E-state index in [-0.39, 0.29) is 5.92 Å². The van der Waals surface area contributed by atoms with E-state index >= 15 is 0 Å². The molecule has 0 heterocycles. The van der Waals surface area contributed by atoms with Gasteiger partial charge in [0.05, 0.1) is 0 Å². The van der Waals surface area contributed by atoms with Gasteiger partial charge in [-0.3, -0.25) is 0 Å². The molecule has 1 atom stereocenters. The van der Waals surface area contributed by atoms with E-state index in [0.29, 0.717) is 0 Å². The van der Waals surface area contributed by atoms with Gasteiger partial charge in [-0.1, -0.05) is 97.1 Å². The highest BCUT2D eigenvalue weighted by Crippen LogP contribution is 2.57. The lowest BCUT2D eigenvalue weighted by Crippen LogP contribution is -2.11. The molecule has 0 saturated heterocycles. The first-order chi connectivity index (χ1) is 17.9. The number of fused-ring (bicyclic) bond motifs is 6. The molecule has 168 valence electrons. The van der Waals surface area contributed by atoms with Crippen molar-refractivity contribution in [2.45, 2.75) is 5.92 Å². The SMILES string of the molecule is c1ccc(N(c2ccccc2)c2ccc3c(c2)C2c4ccccc4-c4cccc5ccc-3c2c45)cc1. The number of rotatable bonds is 3. The Morgan fingerprint density at radius 1 is 0.417 bits per heavy atom. The van der Waals surface area contributed by atoms with Gasteiger partial charge in [0.2, 0.25) is 0 Å². The van der Waals surface area contributed by atoms with Crippen LogP contribution in [-0.4, -0.2) is 0 Å². The Morgan fingerprint density at radius 2 is 1.06 bits per heavy atom. The second-order valence-corrected chi connectivity index (χ2v) is 9.73. The number of hydrogen-bond acceptors (Lipinski definition) is 1. The summed E-state index contributed by atoms with van der Waals surface area (Å²) in [5.41, 5.74) is 13.2. The molecule has 2 aliphatic rings. The maximum absolute atomic E-state index is 2.43. The van der Waals surface area contributed by atoms with Gasteiger partial charge >= 0.3 is 0 Å². The molecule has 6 aromatic carbocycles. The van der Waals surface area contributed by atoms with Crippen molar-refractivity contribution < 1.29 is 0 Å². The first-order valence-corrected chi connectivity index (χ1v) is 12.6. The fraction of sp³-hybridized carbons (Fsp3) is 0.0286. The monoisotopic (exact) mass is 457 g/mol. The van der Waals surface area contributed by atoms with Crippen molar-refractivity contribution in [3.8, 4) is 22.3 Å². The Hall–Kier alpha value is -4.62. The molecular formula is C35H23N. The average Bonchev–Trinajstić information content (AvgIpc) is 3.29. The Morgan fingerprint density at radius 3 is 1.83 bits per heavy atom. The fourth-order valence-electron chi connectivity index (χ4n) is 6.41. The van der Waals surface area contributed by atoms with Crippen molar-refractivity contribution in [1.82, 2.24) is 0 Å². The largest absolute Gasteiger partial charge is 0.310 e. The Balaban J connectivity index is 1.40. The third-order valence-corrected chi connectivity index (χ3v) is 7.86. The molecule has 0 saturated carbocycles. The molecule has 0 bridgehead atoms. The number of hydrogen-bond donors (Lipinski definition) is 0. The van der Waals surface area contributed by atoms with Crippen LogP contribution < -0.4 is 4.90 Å². The quantitative estimate of drug-likeness (QED) is 0.255. The molecule has 1 nitrogen and oxygen atoms in total. The highest BCUT2D eigenvalue weighted by molar-refractivity contribution is 6.08. The van der Waals surface area contributed by atoms with E-state index in [1.807, 2.05) is 0 Å². The van der Waals surface area contributed by atoms with Gasteiger partial charge in [-0.25, -0.2) is 0 Å². The zero-order valence-electron chi connectivity index (χ0n) is 19.7. The molecule has 0 spiro atoms. The molecule has 1 unspecified atom stereocenters. The summed E-state index contributed by atoms with van der Waals surface area (Å²) in [6.07, 6.45) is 0. The van der Waals surface area contributed by atoms with E-state index in [1.165, 1.54) is 55.4 Å². The molecule has 0 radical (unpaired) electrons. The minimum absolute atomic E-state index is 0.248. The van der Waals surface area contributed by atoms with Gasteiger partial charge in [0.15, 0.2) is 0 Å². The first-order valence-electron chi connectivity index (χ1n) is 12.6. The number of anilines is 3. The van der Waals surface area contributed by atoms with Crippen LogP contribution in [0.5, 0.6) is 0 Å². The Bertz CT molecular complexity index is 1740. The lowest BCUT2D eigenvalue weighted by atomic mass is 9.76. The molecule has 0 aromatic heterocycles. The first kappa shape index (κ1) is 19.7. The highest BCUT2D eigenvalue weighted by atomic mass is 15.1. The molecule has 0 fully saturated rings. The van der Waals surface area contributed by atoms with Crippen molar-refractivity contribution in [3.05, 3.63) is 150 Å². The van der Waals surface area contributed by atoms with Crippen LogP contribution in [0.3, 0.4) is 0 Å². The van der Waals surface area contributed by atoms with E-state index in [2.05, 4.69) is 138 Å². The average molecular weight is 458 g/mol. The minimum atomic E-state index is 0.248. The summed E-state index contributed by atoms with van der Waals surface area (Å²) < 4.78 is 0. The predicted octanol–water partition coefficient (Wildman–Crippen LogP) is 9.45. The molecule has 8 rings (SSSR count). The summed E-state index contributed by atoms with van der Waals surface area (Å²) in [5, 5.41) is 2.74. The Kier molecular flexibility index (Phi) is 4.06. The minimum Gasteiger partial charge on any atom is -0.310 e. The zero-order chi connectivity index (χ0) is 23.6. The fourth-order valence-corrected chi connectivity index (χ4v) is 6.41. The standard InChI is InChI=1S/C35H23N/c1-3-11-24(12-4-1)36(25-13-5-2-6-14-25)26-19-21-28-31-20-18-23-10-9-17-29-27-15-7-8-16-30(27)34(32(28)22-26)35(31)33(23)29/h1-22,34H. The van der Waals surface area contributed by atoms with Gasteiger partial charge in [-0.05, 0) is 86.1 Å². The van der Waals surface area contributed by atoms with Gasteiger partial charge in [0, 0.05) is 23.0 Å². The normalized spacial score (nSPS) is 14.4. The van der Waals surface area contributed by atoms with Crippen LogP contribution in [-0.2, 0) is 0 Å². The van der Waals surface area contributed by atoms with Gasteiger partial charge in [-0.2, -0.15) is 0 Å². The maximum atomic E-state index is 2.43. The number of para-hydroxylation sites is 2. The summed E-state index contributed by atoms with van der Waals surface area (Å²) in [4.78, 5) is 2.36. The van der Waals surface area contributed by atoms with Crippen molar-refractivity contribution in [3.63, 3.8) is 0 Å². The molecule has 2 aliphatic carbocycles. The maximum Gasteiger partial charge on any atom is 0.0465 e. The number of nitrogens with zero attached hydrogens (tertiary/aromatic N) is 1. The van der Waals surface area contributed by atoms with E-state index in [9.17, 15) is 0 Å². The van der Waals surface area contributed by atoms with E-state index in [1.54, 1.807) is 0 Å². The van der Waals surface area contributed by atoms with Gasteiger partial charge in [-0.15, -0.1) is 0 Å². The zero-order valence-corrected chi connectivity index (χ0v) is 19.7. The third kappa shape index (κ3) is 2.66. The van der Waals surface area contributed by atoms with Crippen LogP contribution in [0.4, 0.5) is 17.1 Å². The lowest BCUT2D eigenvalue weighted by Gasteiger charge is -2.28. The highest BCUT2D eigenvalue weighted by Gasteiger charge is 2.37. The number of benzene rings is 6. The van der Waals surface area contributed by atoms with Gasteiger partial charge < -0.3 is 4.90 Å². The second-order valence-electron chi connectivity index (χ2n) is 9.73. The van der Waals surface area contributed by atoms with Crippen LogP contribution >= 0.6 is 0 Å². The molecule has 36 heavy (non-hydrogen) atoms. The van der Waals surface area contributed by atoms with Crippen molar-refractivity contribution in [2.75, 3.05) is 4.90 Å². The van der Waals surface area contributed by atoms with Gasteiger partial charge in [0.25, 0.3) is 0 Å². The summed E-state index contributed by atoms with van der Waals surface area (Å²) in [6.45, 7) is 0. The molecule has 6 aromatic rings. The van der Waals surface area contributed by atoms with E-state index < -0.39 is 0 Å². The Labute approximate surface area is 210 Å². The molecule has 0 amide bonds.